The van der Waals surface area contributed by atoms with E-state index in [1.54, 1.807) is 42.4 Å². The minimum atomic E-state index is -0.135. The summed E-state index contributed by atoms with van der Waals surface area (Å²) in [6, 6.07) is 20.6. The van der Waals surface area contributed by atoms with Crippen molar-refractivity contribution in [1.29, 1.82) is 0 Å². The molecule has 28 heavy (non-hydrogen) atoms. The molecule has 0 saturated heterocycles. The molecule has 0 unspecified atom stereocenters. The Labute approximate surface area is 164 Å². The van der Waals surface area contributed by atoms with Crippen molar-refractivity contribution < 1.29 is 9.59 Å². The van der Waals surface area contributed by atoms with Gasteiger partial charge in [-0.05, 0) is 35.9 Å². The van der Waals surface area contributed by atoms with E-state index in [9.17, 15) is 9.59 Å². The molecular weight excluding hydrogens is 352 g/mol. The third-order valence-corrected chi connectivity index (χ3v) is 4.07. The van der Waals surface area contributed by atoms with Crippen LogP contribution in [-0.2, 0) is 11.3 Å². The number of benzene rings is 2. The van der Waals surface area contributed by atoms with Crippen LogP contribution in [0.5, 0.6) is 0 Å². The van der Waals surface area contributed by atoms with Crippen LogP contribution in [0.3, 0.4) is 0 Å². The maximum absolute atomic E-state index is 12.8. The number of anilines is 3. The molecule has 1 heterocycles. The summed E-state index contributed by atoms with van der Waals surface area (Å²) in [6.07, 6.45) is 1.60. The third kappa shape index (κ3) is 5.17. The molecule has 0 aliphatic rings. The lowest BCUT2D eigenvalue weighted by molar-refractivity contribution is -0.114. The molecule has 0 spiro atoms. The van der Waals surface area contributed by atoms with E-state index >= 15 is 0 Å². The molecule has 0 fully saturated rings. The third-order valence-electron chi connectivity index (χ3n) is 4.07. The Bertz CT molecular complexity index is 973. The molecule has 6 heteroatoms. The highest BCUT2D eigenvalue weighted by Crippen LogP contribution is 2.20. The number of aromatic nitrogens is 1. The van der Waals surface area contributed by atoms with E-state index in [-0.39, 0.29) is 11.8 Å². The Kier molecular flexibility index (Phi) is 6.01. The zero-order valence-electron chi connectivity index (χ0n) is 15.8. The predicted octanol–water partition coefficient (Wildman–Crippen LogP) is 4.06. The molecule has 3 rings (SSSR count). The second-order valence-electron chi connectivity index (χ2n) is 6.46. The van der Waals surface area contributed by atoms with Crippen LogP contribution in [0.4, 0.5) is 17.2 Å². The van der Waals surface area contributed by atoms with Gasteiger partial charge in [-0.2, -0.15) is 0 Å². The molecule has 2 N–H and O–H groups in total. The van der Waals surface area contributed by atoms with Gasteiger partial charge in [0, 0.05) is 43.7 Å². The molecule has 0 aliphatic heterocycles. The van der Waals surface area contributed by atoms with Crippen LogP contribution < -0.4 is 10.6 Å². The van der Waals surface area contributed by atoms with E-state index < -0.39 is 0 Å². The molecule has 2 amide bonds. The molecule has 3 aromatic rings. The van der Waals surface area contributed by atoms with Crippen molar-refractivity contribution in [2.45, 2.75) is 13.5 Å². The standard InChI is InChI=1S/C22H22N4O2/c1-16(27)24-19-9-6-10-20(14-19)25-21-13-18(11-12-23-21)22(28)26(2)15-17-7-4-3-5-8-17/h3-14H,15H2,1-2H3,(H,23,25)(H,24,27). The SMILES string of the molecule is CC(=O)Nc1cccc(Nc2cc(C(=O)N(C)Cc3ccccc3)ccn2)c1. The molecule has 0 bridgehead atoms. The summed E-state index contributed by atoms with van der Waals surface area (Å²) in [6.45, 7) is 1.99. The Morgan fingerprint density at radius 1 is 0.964 bits per heavy atom. The van der Waals surface area contributed by atoms with Crippen LogP contribution in [-0.4, -0.2) is 28.7 Å². The van der Waals surface area contributed by atoms with Crippen LogP contribution in [0, 0.1) is 0 Å². The van der Waals surface area contributed by atoms with E-state index in [0.29, 0.717) is 23.6 Å². The maximum Gasteiger partial charge on any atom is 0.254 e. The van der Waals surface area contributed by atoms with Crippen LogP contribution in [0.25, 0.3) is 0 Å². The number of pyridine rings is 1. The van der Waals surface area contributed by atoms with Gasteiger partial charge < -0.3 is 15.5 Å². The van der Waals surface area contributed by atoms with Gasteiger partial charge in [0.25, 0.3) is 5.91 Å². The largest absolute Gasteiger partial charge is 0.340 e. The summed E-state index contributed by atoms with van der Waals surface area (Å²) in [7, 11) is 1.78. The van der Waals surface area contributed by atoms with Crippen LogP contribution in [0.1, 0.15) is 22.8 Å². The first-order valence-corrected chi connectivity index (χ1v) is 8.91. The highest BCUT2D eigenvalue weighted by Gasteiger charge is 2.13. The lowest BCUT2D eigenvalue weighted by atomic mass is 10.2. The average Bonchev–Trinajstić information content (AvgIpc) is 2.68. The molecule has 2 aromatic carbocycles. The first-order valence-electron chi connectivity index (χ1n) is 8.91. The van der Waals surface area contributed by atoms with E-state index in [1.807, 2.05) is 42.5 Å². The molecule has 6 nitrogen and oxygen atoms in total. The number of rotatable bonds is 6. The van der Waals surface area contributed by atoms with Gasteiger partial charge in [-0.1, -0.05) is 36.4 Å². The summed E-state index contributed by atoms with van der Waals surface area (Å²) in [5.74, 6) is 0.338. The molecule has 142 valence electrons. The van der Waals surface area contributed by atoms with Gasteiger partial charge in [0.05, 0.1) is 0 Å². The molecule has 0 aliphatic carbocycles. The van der Waals surface area contributed by atoms with Crippen LogP contribution in [0.2, 0.25) is 0 Å². The van der Waals surface area contributed by atoms with Gasteiger partial charge >= 0.3 is 0 Å². The number of carbonyl (C=O) groups is 2. The molecule has 0 saturated carbocycles. The van der Waals surface area contributed by atoms with E-state index in [1.165, 1.54) is 6.92 Å². The fourth-order valence-corrected chi connectivity index (χ4v) is 2.81. The van der Waals surface area contributed by atoms with Gasteiger partial charge in [0.1, 0.15) is 5.82 Å². The van der Waals surface area contributed by atoms with Gasteiger partial charge in [0.15, 0.2) is 0 Å². The normalized spacial score (nSPS) is 10.2. The Balaban J connectivity index is 1.71. The number of carbonyl (C=O) groups excluding carboxylic acids is 2. The van der Waals surface area contributed by atoms with Crippen molar-refractivity contribution >= 4 is 29.0 Å². The topological polar surface area (TPSA) is 74.3 Å². The predicted molar refractivity (Wildman–Crippen MR) is 111 cm³/mol. The number of amides is 2. The van der Waals surface area contributed by atoms with E-state index in [2.05, 4.69) is 15.6 Å². The fourth-order valence-electron chi connectivity index (χ4n) is 2.81. The van der Waals surface area contributed by atoms with Crippen molar-refractivity contribution in [1.82, 2.24) is 9.88 Å². The lowest BCUT2D eigenvalue weighted by Crippen LogP contribution is -2.26. The number of hydrogen-bond donors (Lipinski definition) is 2. The second-order valence-corrected chi connectivity index (χ2v) is 6.46. The Hall–Kier alpha value is -3.67. The van der Waals surface area contributed by atoms with Crippen molar-refractivity contribution in [2.75, 3.05) is 17.7 Å². The summed E-state index contributed by atoms with van der Waals surface area (Å²) < 4.78 is 0. The van der Waals surface area contributed by atoms with Crippen molar-refractivity contribution in [3.05, 3.63) is 84.1 Å². The number of nitrogens with one attached hydrogen (secondary N) is 2. The van der Waals surface area contributed by atoms with E-state index in [4.69, 9.17) is 0 Å². The summed E-state index contributed by atoms with van der Waals surface area (Å²) >= 11 is 0. The zero-order chi connectivity index (χ0) is 19.9. The van der Waals surface area contributed by atoms with Crippen molar-refractivity contribution in [3.8, 4) is 0 Å². The summed E-state index contributed by atoms with van der Waals surface area (Å²) in [4.78, 5) is 29.9. The number of hydrogen-bond acceptors (Lipinski definition) is 4. The number of nitrogens with zero attached hydrogens (tertiary/aromatic N) is 2. The zero-order valence-corrected chi connectivity index (χ0v) is 15.8. The first kappa shape index (κ1) is 19.1. The lowest BCUT2D eigenvalue weighted by Gasteiger charge is -2.18. The van der Waals surface area contributed by atoms with E-state index in [0.717, 1.165) is 11.3 Å². The highest BCUT2D eigenvalue weighted by molar-refractivity contribution is 5.95. The smallest absolute Gasteiger partial charge is 0.254 e. The maximum atomic E-state index is 12.8. The second kappa shape index (κ2) is 8.81. The molecule has 0 radical (unpaired) electrons. The minimum absolute atomic E-state index is 0.0821. The average molecular weight is 374 g/mol. The Morgan fingerprint density at radius 3 is 2.46 bits per heavy atom. The monoisotopic (exact) mass is 374 g/mol. The fraction of sp³-hybridized carbons (Fsp3) is 0.136. The quantitative estimate of drug-likeness (QED) is 0.682. The molecule has 1 aromatic heterocycles. The van der Waals surface area contributed by atoms with Crippen LogP contribution in [0.15, 0.2) is 72.9 Å². The van der Waals surface area contributed by atoms with Crippen molar-refractivity contribution in [3.63, 3.8) is 0 Å². The summed E-state index contributed by atoms with van der Waals surface area (Å²) in [5.41, 5.74) is 3.07. The first-order chi connectivity index (χ1) is 13.5. The van der Waals surface area contributed by atoms with Crippen LogP contribution >= 0.6 is 0 Å². The van der Waals surface area contributed by atoms with Gasteiger partial charge in [-0.15, -0.1) is 0 Å². The van der Waals surface area contributed by atoms with Crippen molar-refractivity contribution in [2.24, 2.45) is 0 Å². The van der Waals surface area contributed by atoms with Gasteiger partial charge in [-0.3, -0.25) is 9.59 Å². The molecular formula is C22H22N4O2. The Morgan fingerprint density at radius 2 is 1.71 bits per heavy atom. The van der Waals surface area contributed by atoms with Gasteiger partial charge in [-0.25, -0.2) is 4.98 Å². The minimum Gasteiger partial charge on any atom is -0.340 e. The van der Waals surface area contributed by atoms with Gasteiger partial charge in [0.2, 0.25) is 5.91 Å². The highest BCUT2D eigenvalue weighted by atomic mass is 16.2. The molecule has 0 atom stereocenters. The summed E-state index contributed by atoms with van der Waals surface area (Å²) in [5, 5.41) is 5.91.